The van der Waals surface area contributed by atoms with E-state index in [-0.39, 0.29) is 5.97 Å². The number of methoxy groups -OCH3 is 1. The highest BCUT2D eigenvalue weighted by molar-refractivity contribution is 6.29. The fourth-order valence-electron chi connectivity index (χ4n) is 1.55. The molecule has 1 aromatic rings. The second-order valence-corrected chi connectivity index (χ2v) is 4.81. The molecule has 0 saturated carbocycles. The van der Waals surface area contributed by atoms with Gasteiger partial charge in [0.25, 0.3) is 0 Å². The van der Waals surface area contributed by atoms with Gasteiger partial charge in [0.1, 0.15) is 11.2 Å². The number of carbonyl (C=O) groups is 1. The van der Waals surface area contributed by atoms with Gasteiger partial charge in [0, 0.05) is 0 Å². The molecule has 0 aliphatic rings. The number of rotatable bonds is 5. The Bertz CT molecular complexity index is 424. The second kappa shape index (κ2) is 6.44. The van der Waals surface area contributed by atoms with E-state index in [1.54, 1.807) is 12.1 Å². The molecular formula is C12H18ClN3O2. The van der Waals surface area contributed by atoms with Crippen molar-refractivity contribution >= 4 is 29.1 Å². The number of pyridine rings is 1. The van der Waals surface area contributed by atoms with Gasteiger partial charge in [-0.05, 0) is 24.5 Å². The Hall–Kier alpha value is -1.49. The molecule has 1 rings (SSSR count). The van der Waals surface area contributed by atoms with Gasteiger partial charge in [-0.25, -0.2) is 9.78 Å². The molecule has 3 N–H and O–H groups in total. The third kappa shape index (κ3) is 4.07. The van der Waals surface area contributed by atoms with Crippen LogP contribution in [-0.4, -0.2) is 24.1 Å². The summed E-state index contributed by atoms with van der Waals surface area (Å²) in [6, 6.07) is 2.75. The van der Waals surface area contributed by atoms with Crippen LogP contribution < -0.4 is 11.1 Å². The lowest BCUT2D eigenvalue weighted by molar-refractivity contribution is -0.141. The highest BCUT2D eigenvalue weighted by atomic mass is 35.5. The number of hydrogen-bond donors (Lipinski definition) is 2. The zero-order valence-corrected chi connectivity index (χ0v) is 11.5. The third-order valence-corrected chi connectivity index (χ3v) is 2.61. The molecule has 6 heteroatoms. The first-order valence-electron chi connectivity index (χ1n) is 5.70. The Morgan fingerprint density at radius 1 is 1.56 bits per heavy atom. The molecular weight excluding hydrogens is 254 g/mol. The van der Waals surface area contributed by atoms with E-state index >= 15 is 0 Å². The number of esters is 1. The average molecular weight is 272 g/mol. The average Bonchev–Trinajstić information content (AvgIpc) is 2.31. The molecule has 0 radical (unpaired) electrons. The van der Waals surface area contributed by atoms with Gasteiger partial charge in [0.05, 0.1) is 12.8 Å². The van der Waals surface area contributed by atoms with E-state index in [2.05, 4.69) is 10.3 Å². The maximum Gasteiger partial charge on any atom is 0.328 e. The van der Waals surface area contributed by atoms with Crippen molar-refractivity contribution in [3.63, 3.8) is 0 Å². The molecule has 0 aliphatic carbocycles. The maximum absolute atomic E-state index is 11.7. The topological polar surface area (TPSA) is 77.2 Å². The fourth-order valence-corrected chi connectivity index (χ4v) is 1.70. The van der Waals surface area contributed by atoms with E-state index in [4.69, 9.17) is 22.1 Å². The first-order valence-corrected chi connectivity index (χ1v) is 6.08. The molecule has 1 heterocycles. The van der Waals surface area contributed by atoms with Gasteiger partial charge >= 0.3 is 5.97 Å². The van der Waals surface area contributed by atoms with Crippen LogP contribution in [0.25, 0.3) is 0 Å². The standard InChI is InChI=1S/C12H18ClN3O2/c1-7(2)6-9(12(17)18-3)15-11-8(14)4-5-10(13)16-11/h4-5,7,9H,6,14H2,1-3H3,(H,15,16). The van der Waals surface area contributed by atoms with E-state index in [1.807, 2.05) is 13.8 Å². The minimum Gasteiger partial charge on any atom is -0.467 e. The van der Waals surface area contributed by atoms with Gasteiger partial charge in [-0.3, -0.25) is 0 Å². The van der Waals surface area contributed by atoms with Crippen LogP contribution >= 0.6 is 11.6 Å². The van der Waals surface area contributed by atoms with Crippen LogP contribution in [0.2, 0.25) is 5.15 Å². The number of anilines is 2. The molecule has 0 amide bonds. The van der Waals surface area contributed by atoms with Crippen LogP contribution in [0, 0.1) is 5.92 Å². The molecule has 100 valence electrons. The van der Waals surface area contributed by atoms with Crippen molar-refractivity contribution in [1.82, 2.24) is 4.98 Å². The van der Waals surface area contributed by atoms with E-state index in [1.165, 1.54) is 7.11 Å². The predicted octanol–water partition coefficient (Wildman–Crippen LogP) is 2.32. The summed E-state index contributed by atoms with van der Waals surface area (Å²) < 4.78 is 4.75. The molecule has 1 aromatic heterocycles. The smallest absolute Gasteiger partial charge is 0.328 e. The molecule has 0 aliphatic heterocycles. The minimum atomic E-state index is -0.483. The van der Waals surface area contributed by atoms with Gasteiger partial charge < -0.3 is 15.8 Å². The van der Waals surface area contributed by atoms with Crippen molar-refractivity contribution in [2.24, 2.45) is 5.92 Å². The highest BCUT2D eigenvalue weighted by Crippen LogP contribution is 2.21. The summed E-state index contributed by atoms with van der Waals surface area (Å²) in [6.45, 7) is 4.04. The highest BCUT2D eigenvalue weighted by Gasteiger charge is 2.21. The number of nitrogens with one attached hydrogen (secondary N) is 1. The van der Waals surface area contributed by atoms with Gasteiger partial charge in [-0.1, -0.05) is 25.4 Å². The lowest BCUT2D eigenvalue weighted by Gasteiger charge is -2.19. The molecule has 1 unspecified atom stereocenters. The van der Waals surface area contributed by atoms with Crippen molar-refractivity contribution in [2.75, 3.05) is 18.2 Å². The monoisotopic (exact) mass is 271 g/mol. The van der Waals surface area contributed by atoms with Gasteiger partial charge in [0.2, 0.25) is 0 Å². The first-order chi connectivity index (χ1) is 8.43. The molecule has 0 saturated heterocycles. The molecule has 0 bridgehead atoms. The molecule has 1 atom stereocenters. The van der Waals surface area contributed by atoms with Crippen molar-refractivity contribution in [2.45, 2.75) is 26.3 Å². The Morgan fingerprint density at radius 3 is 2.78 bits per heavy atom. The Balaban J connectivity index is 2.88. The summed E-state index contributed by atoms with van der Waals surface area (Å²) in [5.41, 5.74) is 6.22. The van der Waals surface area contributed by atoms with Crippen LogP contribution in [0.4, 0.5) is 11.5 Å². The Labute approximate surface area is 112 Å². The quantitative estimate of drug-likeness (QED) is 0.635. The van der Waals surface area contributed by atoms with Crippen LogP contribution in [0.3, 0.4) is 0 Å². The number of nitrogens with two attached hydrogens (primary N) is 1. The summed E-state index contributed by atoms with van der Waals surface area (Å²) in [4.78, 5) is 15.7. The summed E-state index contributed by atoms with van der Waals surface area (Å²) in [5, 5.41) is 3.29. The Kier molecular flexibility index (Phi) is 5.22. The number of ether oxygens (including phenoxy) is 1. The SMILES string of the molecule is COC(=O)C(CC(C)C)Nc1nc(Cl)ccc1N. The van der Waals surface area contributed by atoms with E-state index in [9.17, 15) is 4.79 Å². The van der Waals surface area contributed by atoms with Crippen LogP contribution in [-0.2, 0) is 9.53 Å². The van der Waals surface area contributed by atoms with Crippen molar-refractivity contribution < 1.29 is 9.53 Å². The minimum absolute atomic E-state index is 0.319. The number of aromatic nitrogens is 1. The number of nitrogens with zero attached hydrogens (tertiary/aromatic N) is 1. The van der Waals surface area contributed by atoms with Crippen LogP contribution in [0.1, 0.15) is 20.3 Å². The van der Waals surface area contributed by atoms with Crippen LogP contribution in [0.5, 0.6) is 0 Å². The predicted molar refractivity (Wildman–Crippen MR) is 72.5 cm³/mol. The van der Waals surface area contributed by atoms with Gasteiger partial charge in [-0.15, -0.1) is 0 Å². The first kappa shape index (κ1) is 14.6. The summed E-state index contributed by atoms with van der Waals surface area (Å²) in [6.07, 6.45) is 0.625. The van der Waals surface area contributed by atoms with E-state index in [0.717, 1.165) is 0 Å². The number of nitrogen functional groups attached to an aromatic ring is 1. The zero-order chi connectivity index (χ0) is 13.7. The Morgan fingerprint density at radius 2 is 2.22 bits per heavy atom. The third-order valence-electron chi connectivity index (χ3n) is 2.40. The number of hydrogen-bond acceptors (Lipinski definition) is 5. The lowest BCUT2D eigenvalue weighted by atomic mass is 10.0. The normalized spacial score (nSPS) is 12.3. The van der Waals surface area contributed by atoms with Crippen molar-refractivity contribution in [1.29, 1.82) is 0 Å². The van der Waals surface area contributed by atoms with E-state index < -0.39 is 6.04 Å². The van der Waals surface area contributed by atoms with Crippen molar-refractivity contribution in [3.05, 3.63) is 17.3 Å². The maximum atomic E-state index is 11.7. The molecule has 18 heavy (non-hydrogen) atoms. The molecule has 0 fully saturated rings. The summed E-state index contributed by atoms with van der Waals surface area (Å²) >= 11 is 5.80. The number of carbonyl (C=O) groups excluding carboxylic acids is 1. The van der Waals surface area contributed by atoms with Gasteiger partial charge in [-0.2, -0.15) is 0 Å². The molecule has 0 spiro atoms. The fraction of sp³-hybridized carbons (Fsp3) is 0.500. The zero-order valence-electron chi connectivity index (χ0n) is 10.7. The van der Waals surface area contributed by atoms with Gasteiger partial charge in [0.15, 0.2) is 5.82 Å². The molecule has 5 nitrogen and oxygen atoms in total. The second-order valence-electron chi connectivity index (χ2n) is 4.42. The largest absolute Gasteiger partial charge is 0.467 e. The summed E-state index contributed by atoms with van der Waals surface area (Å²) in [7, 11) is 1.35. The van der Waals surface area contributed by atoms with Crippen LogP contribution in [0.15, 0.2) is 12.1 Å². The van der Waals surface area contributed by atoms with Crippen molar-refractivity contribution in [3.8, 4) is 0 Å². The summed E-state index contributed by atoms with van der Waals surface area (Å²) in [5.74, 6) is 0.394. The van der Waals surface area contributed by atoms with E-state index in [0.29, 0.717) is 29.0 Å². The number of halogens is 1. The molecule has 0 aromatic carbocycles. The lowest BCUT2D eigenvalue weighted by Crippen LogP contribution is -2.32.